The van der Waals surface area contributed by atoms with Crippen LogP contribution in [0.15, 0.2) is 60.9 Å². The second kappa shape index (κ2) is 7.35. The summed E-state index contributed by atoms with van der Waals surface area (Å²) >= 11 is 0. The maximum atomic E-state index is 12.8. The van der Waals surface area contributed by atoms with Gasteiger partial charge in [-0.05, 0) is 34.2 Å². The molecule has 0 aliphatic heterocycles. The summed E-state index contributed by atoms with van der Waals surface area (Å²) in [7, 11) is 0. The van der Waals surface area contributed by atoms with Crippen molar-refractivity contribution in [1.82, 2.24) is 20.2 Å². The van der Waals surface area contributed by atoms with E-state index < -0.39 is 11.9 Å². The van der Waals surface area contributed by atoms with Crippen molar-refractivity contribution in [3.63, 3.8) is 0 Å². The minimum Gasteiger partial charge on any atom is -0.366 e. The molecule has 2 amide bonds. The van der Waals surface area contributed by atoms with Gasteiger partial charge < -0.3 is 11.1 Å². The first kappa shape index (κ1) is 16.3. The lowest BCUT2D eigenvalue weighted by molar-refractivity contribution is -0.119. The van der Waals surface area contributed by atoms with Gasteiger partial charge in [-0.1, -0.05) is 36.4 Å². The smallest absolute Gasteiger partial charge is 0.249 e. The van der Waals surface area contributed by atoms with Gasteiger partial charge in [-0.2, -0.15) is 0 Å². The molecule has 0 saturated carbocycles. The van der Waals surface area contributed by atoms with E-state index in [4.69, 9.17) is 5.73 Å². The van der Waals surface area contributed by atoms with Crippen molar-refractivity contribution >= 4 is 17.5 Å². The van der Waals surface area contributed by atoms with Gasteiger partial charge in [-0.3, -0.25) is 9.59 Å². The average Bonchev–Trinajstić information content (AvgIpc) is 3.15. The number of nitrogens with zero attached hydrogens (tertiary/aromatic N) is 4. The fourth-order valence-electron chi connectivity index (χ4n) is 2.43. The summed E-state index contributed by atoms with van der Waals surface area (Å²) in [5, 5.41) is 13.8. The molecule has 0 saturated heterocycles. The van der Waals surface area contributed by atoms with E-state index >= 15 is 0 Å². The molecule has 2 aromatic carbocycles. The lowest BCUT2D eigenvalue weighted by atomic mass is 10.1. The van der Waals surface area contributed by atoms with Gasteiger partial charge in [0.15, 0.2) is 0 Å². The second-order valence-corrected chi connectivity index (χ2v) is 5.43. The Morgan fingerprint density at radius 3 is 2.60 bits per heavy atom. The zero-order valence-corrected chi connectivity index (χ0v) is 13.2. The Morgan fingerprint density at radius 2 is 1.92 bits per heavy atom. The SMILES string of the molecule is NC(=O)c1cccc(NC(=O)C(Cc2ccccc2)n2cnnn2)c1. The minimum atomic E-state index is -0.630. The minimum absolute atomic E-state index is 0.294. The highest BCUT2D eigenvalue weighted by molar-refractivity contribution is 5.97. The summed E-state index contributed by atoms with van der Waals surface area (Å²) in [6.07, 6.45) is 1.82. The number of amides is 2. The number of primary amides is 1. The van der Waals surface area contributed by atoms with E-state index in [9.17, 15) is 9.59 Å². The first-order valence-corrected chi connectivity index (χ1v) is 7.60. The van der Waals surface area contributed by atoms with Crippen molar-refractivity contribution in [2.24, 2.45) is 5.73 Å². The number of tetrazole rings is 1. The van der Waals surface area contributed by atoms with Crippen LogP contribution in [0.25, 0.3) is 0 Å². The topological polar surface area (TPSA) is 116 Å². The highest BCUT2D eigenvalue weighted by atomic mass is 16.2. The molecule has 126 valence electrons. The number of anilines is 1. The van der Waals surface area contributed by atoms with Crippen LogP contribution in [0.4, 0.5) is 5.69 Å². The molecule has 8 heteroatoms. The quantitative estimate of drug-likeness (QED) is 0.701. The Morgan fingerprint density at radius 1 is 1.12 bits per heavy atom. The van der Waals surface area contributed by atoms with Crippen molar-refractivity contribution < 1.29 is 9.59 Å². The van der Waals surface area contributed by atoms with Crippen LogP contribution in [-0.4, -0.2) is 32.0 Å². The summed E-state index contributed by atoms with van der Waals surface area (Å²) in [6, 6.07) is 15.4. The molecule has 3 N–H and O–H groups in total. The monoisotopic (exact) mass is 336 g/mol. The number of carbonyl (C=O) groups is 2. The van der Waals surface area contributed by atoms with Gasteiger partial charge >= 0.3 is 0 Å². The van der Waals surface area contributed by atoms with E-state index in [0.29, 0.717) is 17.7 Å². The molecule has 0 radical (unpaired) electrons. The molecule has 3 aromatic rings. The third-order valence-electron chi connectivity index (χ3n) is 3.67. The Bertz CT molecular complexity index is 864. The number of nitrogens with one attached hydrogen (secondary N) is 1. The predicted octanol–water partition coefficient (Wildman–Crippen LogP) is 1.19. The number of carbonyl (C=O) groups excluding carboxylic acids is 2. The number of nitrogens with two attached hydrogens (primary N) is 1. The van der Waals surface area contributed by atoms with Crippen LogP contribution in [-0.2, 0) is 11.2 Å². The molecule has 3 rings (SSSR count). The third-order valence-corrected chi connectivity index (χ3v) is 3.67. The van der Waals surface area contributed by atoms with Gasteiger partial charge in [0.2, 0.25) is 11.8 Å². The standard InChI is InChI=1S/C17H16N6O2/c18-16(24)13-7-4-8-14(10-13)20-17(25)15(23-11-19-21-22-23)9-12-5-2-1-3-6-12/h1-8,10-11,15H,9H2,(H2,18,24)(H,20,25). The average molecular weight is 336 g/mol. The number of aromatic nitrogens is 4. The van der Waals surface area contributed by atoms with E-state index in [1.165, 1.54) is 17.1 Å². The second-order valence-electron chi connectivity index (χ2n) is 5.43. The molecule has 0 aliphatic carbocycles. The molecule has 1 aromatic heterocycles. The Labute approximate surface area is 143 Å². The molecule has 25 heavy (non-hydrogen) atoms. The summed E-state index contributed by atoms with van der Waals surface area (Å²) in [4.78, 5) is 24.0. The number of hydrogen-bond donors (Lipinski definition) is 2. The molecule has 1 heterocycles. The van der Waals surface area contributed by atoms with Gasteiger partial charge in [0.25, 0.3) is 0 Å². The van der Waals surface area contributed by atoms with Gasteiger partial charge in [0.05, 0.1) is 0 Å². The lowest BCUT2D eigenvalue weighted by Gasteiger charge is -2.16. The number of hydrogen-bond acceptors (Lipinski definition) is 5. The molecular formula is C17H16N6O2. The van der Waals surface area contributed by atoms with Crippen LogP contribution in [0, 0.1) is 0 Å². The first-order chi connectivity index (χ1) is 12.1. The molecular weight excluding hydrogens is 320 g/mol. The largest absolute Gasteiger partial charge is 0.366 e. The van der Waals surface area contributed by atoms with Gasteiger partial charge in [-0.25, -0.2) is 4.68 Å². The number of rotatable bonds is 6. The van der Waals surface area contributed by atoms with Crippen molar-refractivity contribution in [2.75, 3.05) is 5.32 Å². The molecule has 0 bridgehead atoms. The van der Waals surface area contributed by atoms with Crippen LogP contribution in [0.3, 0.4) is 0 Å². The summed E-state index contributed by atoms with van der Waals surface area (Å²) in [5.74, 6) is -0.852. The van der Waals surface area contributed by atoms with Crippen LogP contribution >= 0.6 is 0 Å². The molecule has 0 spiro atoms. The third kappa shape index (κ3) is 4.05. The van der Waals surface area contributed by atoms with E-state index in [2.05, 4.69) is 20.8 Å². The van der Waals surface area contributed by atoms with Crippen molar-refractivity contribution in [2.45, 2.75) is 12.5 Å². The highest BCUT2D eigenvalue weighted by Crippen LogP contribution is 2.17. The van der Waals surface area contributed by atoms with Crippen molar-refractivity contribution in [1.29, 1.82) is 0 Å². The zero-order valence-electron chi connectivity index (χ0n) is 13.2. The van der Waals surface area contributed by atoms with Crippen LogP contribution in [0.5, 0.6) is 0 Å². The first-order valence-electron chi connectivity index (χ1n) is 7.60. The fraction of sp³-hybridized carbons (Fsp3) is 0.118. The van der Waals surface area contributed by atoms with Gasteiger partial charge in [0.1, 0.15) is 12.4 Å². The molecule has 1 atom stereocenters. The van der Waals surface area contributed by atoms with Crippen molar-refractivity contribution in [3.8, 4) is 0 Å². The van der Waals surface area contributed by atoms with E-state index in [0.717, 1.165) is 5.56 Å². The highest BCUT2D eigenvalue weighted by Gasteiger charge is 2.22. The maximum Gasteiger partial charge on any atom is 0.249 e. The molecule has 0 fully saturated rings. The van der Waals surface area contributed by atoms with E-state index in [-0.39, 0.29) is 5.91 Å². The Balaban J connectivity index is 1.82. The number of benzene rings is 2. The zero-order chi connectivity index (χ0) is 17.6. The van der Waals surface area contributed by atoms with Gasteiger partial charge in [-0.15, -0.1) is 5.10 Å². The van der Waals surface area contributed by atoms with E-state index in [1.54, 1.807) is 18.2 Å². The van der Waals surface area contributed by atoms with Crippen LogP contribution in [0.2, 0.25) is 0 Å². The van der Waals surface area contributed by atoms with E-state index in [1.807, 2.05) is 30.3 Å². The lowest BCUT2D eigenvalue weighted by Crippen LogP contribution is -2.28. The summed E-state index contributed by atoms with van der Waals surface area (Å²) in [6.45, 7) is 0. The maximum absolute atomic E-state index is 12.8. The van der Waals surface area contributed by atoms with Crippen molar-refractivity contribution in [3.05, 3.63) is 72.1 Å². The normalized spacial score (nSPS) is 11.7. The summed E-state index contributed by atoms with van der Waals surface area (Å²) < 4.78 is 1.40. The molecule has 1 unspecified atom stereocenters. The predicted molar refractivity (Wildman–Crippen MR) is 90.6 cm³/mol. The van der Waals surface area contributed by atoms with Crippen LogP contribution < -0.4 is 11.1 Å². The summed E-state index contributed by atoms with van der Waals surface area (Å²) in [5.41, 5.74) is 7.04. The molecule has 0 aliphatic rings. The van der Waals surface area contributed by atoms with Gasteiger partial charge in [0, 0.05) is 17.7 Å². The van der Waals surface area contributed by atoms with Crippen LogP contribution in [0.1, 0.15) is 22.0 Å². The Hall–Kier alpha value is -3.55. The molecule has 8 nitrogen and oxygen atoms in total. The fourth-order valence-corrected chi connectivity index (χ4v) is 2.43. The Kier molecular flexibility index (Phi) is 4.79.